The number of aryl methyl sites for hydroxylation is 1. The third-order valence-corrected chi connectivity index (χ3v) is 7.00. The standard InChI is InChI=1S/C29H28F3N7O/c1-18-25-11-20(14-34-27(25)37-36-18)5-4-19-10-22(15-33-13-19)28(40)35-23-7-6-21(26(12-23)29(30,31)32)16-39-9-8-24(17-39)38(2)3/h6-7,10-15,24H,8-9,16-17H2,1-3H3,(H,35,40)(H,34,36,37)/t24-/m0/s1. The van der Waals surface area contributed by atoms with Gasteiger partial charge in [0, 0.05) is 72.2 Å². The predicted octanol–water partition coefficient (Wildman–Crippen LogP) is 4.47. The van der Waals surface area contributed by atoms with Gasteiger partial charge in [0.05, 0.1) is 11.1 Å². The Bertz CT molecular complexity index is 1620. The number of benzene rings is 1. The molecule has 8 nitrogen and oxygen atoms in total. The molecule has 1 amide bonds. The molecule has 11 heteroatoms. The summed E-state index contributed by atoms with van der Waals surface area (Å²) in [6, 6.07) is 7.66. The first-order valence-corrected chi connectivity index (χ1v) is 12.7. The number of amides is 1. The molecule has 0 aliphatic carbocycles. The molecular formula is C29H28F3N7O. The molecule has 1 aliphatic heterocycles. The number of likely N-dealkylation sites (N-methyl/N-ethyl adjacent to an activating group) is 1. The van der Waals surface area contributed by atoms with Crippen LogP contribution >= 0.6 is 0 Å². The van der Waals surface area contributed by atoms with Crippen LogP contribution in [0.4, 0.5) is 18.9 Å². The van der Waals surface area contributed by atoms with Crippen LogP contribution in [0.15, 0.2) is 48.9 Å². The van der Waals surface area contributed by atoms with Crippen molar-refractivity contribution >= 4 is 22.6 Å². The highest BCUT2D eigenvalue weighted by Gasteiger charge is 2.35. The van der Waals surface area contributed by atoms with Crippen LogP contribution in [-0.4, -0.2) is 69.1 Å². The zero-order valence-corrected chi connectivity index (χ0v) is 22.3. The smallest absolute Gasteiger partial charge is 0.322 e. The van der Waals surface area contributed by atoms with Crippen molar-refractivity contribution in [2.75, 3.05) is 32.5 Å². The van der Waals surface area contributed by atoms with Crippen LogP contribution < -0.4 is 5.32 Å². The molecule has 0 saturated carbocycles. The summed E-state index contributed by atoms with van der Waals surface area (Å²) in [6.07, 6.45) is 0.813. The van der Waals surface area contributed by atoms with Crippen LogP contribution in [0, 0.1) is 18.8 Å². The molecule has 0 bridgehead atoms. The monoisotopic (exact) mass is 547 g/mol. The van der Waals surface area contributed by atoms with Gasteiger partial charge in [-0.15, -0.1) is 0 Å². The number of likely N-dealkylation sites (tertiary alicyclic amines) is 1. The number of carbonyl (C=O) groups is 1. The van der Waals surface area contributed by atoms with Crippen LogP contribution in [0.2, 0.25) is 0 Å². The van der Waals surface area contributed by atoms with Crippen LogP contribution in [0.3, 0.4) is 0 Å². The summed E-state index contributed by atoms with van der Waals surface area (Å²) >= 11 is 0. The number of pyridine rings is 2. The Kier molecular flexibility index (Phi) is 7.56. The fraction of sp³-hybridized carbons (Fsp3) is 0.310. The number of aromatic nitrogens is 4. The Morgan fingerprint density at radius 2 is 1.93 bits per heavy atom. The van der Waals surface area contributed by atoms with E-state index < -0.39 is 17.6 Å². The van der Waals surface area contributed by atoms with E-state index in [1.807, 2.05) is 32.0 Å². The Hall–Kier alpha value is -4.27. The molecule has 4 heterocycles. The summed E-state index contributed by atoms with van der Waals surface area (Å²) in [5.41, 5.74) is 2.27. The highest BCUT2D eigenvalue weighted by Crippen LogP contribution is 2.35. The summed E-state index contributed by atoms with van der Waals surface area (Å²) in [4.78, 5) is 25.4. The molecule has 0 spiro atoms. The van der Waals surface area contributed by atoms with Crippen molar-refractivity contribution in [1.29, 1.82) is 0 Å². The zero-order valence-electron chi connectivity index (χ0n) is 22.3. The van der Waals surface area contributed by atoms with E-state index in [-0.39, 0.29) is 23.4 Å². The molecule has 4 aromatic rings. The fourth-order valence-corrected chi connectivity index (χ4v) is 4.74. The molecular weight excluding hydrogens is 519 g/mol. The first-order chi connectivity index (χ1) is 19.1. The second-order valence-corrected chi connectivity index (χ2v) is 10.1. The van der Waals surface area contributed by atoms with Crippen molar-refractivity contribution in [3.05, 3.63) is 82.4 Å². The number of fused-ring (bicyclic) bond motifs is 1. The van der Waals surface area contributed by atoms with Crippen LogP contribution in [-0.2, 0) is 12.7 Å². The Balaban J connectivity index is 1.31. The number of alkyl halides is 3. The number of hydrogen-bond acceptors (Lipinski definition) is 6. The van der Waals surface area contributed by atoms with Gasteiger partial charge >= 0.3 is 6.18 Å². The quantitative estimate of drug-likeness (QED) is 0.359. The number of hydrogen-bond donors (Lipinski definition) is 2. The number of carbonyl (C=O) groups excluding carboxylic acids is 1. The second kappa shape index (κ2) is 11.1. The SMILES string of the molecule is Cc1[nH]nc2ncc(C#Cc3cncc(C(=O)Nc4ccc(CN5CC[C@H](N(C)C)C5)c(C(F)(F)F)c4)c3)cc12. The van der Waals surface area contributed by atoms with E-state index in [4.69, 9.17) is 0 Å². The average molecular weight is 548 g/mol. The number of nitrogens with zero attached hydrogens (tertiary/aromatic N) is 5. The number of nitrogens with one attached hydrogen (secondary N) is 2. The van der Waals surface area contributed by atoms with E-state index in [1.165, 1.54) is 30.6 Å². The number of rotatable bonds is 5. The van der Waals surface area contributed by atoms with Crippen molar-refractivity contribution in [2.24, 2.45) is 0 Å². The second-order valence-electron chi connectivity index (χ2n) is 10.1. The van der Waals surface area contributed by atoms with Crippen molar-refractivity contribution in [1.82, 2.24) is 30.0 Å². The molecule has 1 atom stereocenters. The lowest BCUT2D eigenvalue weighted by Gasteiger charge is -2.22. The number of anilines is 1. The summed E-state index contributed by atoms with van der Waals surface area (Å²) in [7, 11) is 3.95. The maximum Gasteiger partial charge on any atom is 0.416 e. The van der Waals surface area contributed by atoms with Crippen molar-refractivity contribution in [2.45, 2.75) is 32.1 Å². The van der Waals surface area contributed by atoms with Crippen LogP contribution in [0.5, 0.6) is 0 Å². The van der Waals surface area contributed by atoms with Gasteiger partial charge < -0.3 is 10.2 Å². The Morgan fingerprint density at radius 3 is 2.65 bits per heavy atom. The summed E-state index contributed by atoms with van der Waals surface area (Å²) in [6.45, 7) is 3.53. The molecule has 5 rings (SSSR count). The van der Waals surface area contributed by atoms with E-state index in [9.17, 15) is 18.0 Å². The van der Waals surface area contributed by atoms with Crippen molar-refractivity contribution in [3.8, 4) is 11.8 Å². The third-order valence-electron chi connectivity index (χ3n) is 7.00. The Labute approximate surface area is 229 Å². The minimum Gasteiger partial charge on any atom is -0.322 e. The van der Waals surface area contributed by atoms with Gasteiger partial charge in [-0.1, -0.05) is 17.9 Å². The molecule has 1 aliphatic rings. The van der Waals surface area contributed by atoms with Gasteiger partial charge in [0.25, 0.3) is 5.91 Å². The maximum absolute atomic E-state index is 14.0. The number of aromatic amines is 1. The van der Waals surface area contributed by atoms with Crippen LogP contribution in [0.1, 0.15) is 44.7 Å². The Morgan fingerprint density at radius 1 is 1.15 bits per heavy atom. The van der Waals surface area contributed by atoms with E-state index in [1.54, 1.807) is 6.20 Å². The number of H-pyrrole nitrogens is 1. The largest absolute Gasteiger partial charge is 0.416 e. The highest BCUT2D eigenvalue weighted by atomic mass is 19.4. The van der Waals surface area contributed by atoms with Gasteiger partial charge in [-0.2, -0.15) is 18.3 Å². The molecule has 1 fully saturated rings. The van der Waals surface area contributed by atoms with Gasteiger partial charge in [-0.25, -0.2) is 4.98 Å². The van der Waals surface area contributed by atoms with Gasteiger partial charge in [0.1, 0.15) is 0 Å². The topological polar surface area (TPSA) is 90.0 Å². The van der Waals surface area contributed by atoms with E-state index >= 15 is 0 Å². The van der Waals surface area contributed by atoms with Gasteiger partial charge in [-0.05, 0) is 57.3 Å². The zero-order chi connectivity index (χ0) is 28.4. The lowest BCUT2D eigenvalue weighted by atomic mass is 10.0. The van der Waals surface area contributed by atoms with Gasteiger partial charge in [0.2, 0.25) is 0 Å². The predicted molar refractivity (Wildman–Crippen MR) is 146 cm³/mol. The maximum atomic E-state index is 14.0. The fourth-order valence-electron chi connectivity index (χ4n) is 4.74. The normalized spacial score (nSPS) is 15.8. The van der Waals surface area contributed by atoms with E-state index in [2.05, 4.69) is 42.2 Å². The third kappa shape index (κ3) is 6.14. The van der Waals surface area contributed by atoms with Crippen molar-refractivity contribution < 1.29 is 18.0 Å². The van der Waals surface area contributed by atoms with E-state index in [0.717, 1.165) is 30.1 Å². The molecule has 0 radical (unpaired) electrons. The summed E-state index contributed by atoms with van der Waals surface area (Å²) < 4.78 is 41.9. The summed E-state index contributed by atoms with van der Waals surface area (Å²) in [5.74, 6) is 5.37. The minimum atomic E-state index is -4.55. The highest BCUT2D eigenvalue weighted by molar-refractivity contribution is 6.04. The minimum absolute atomic E-state index is 0.0556. The number of halogens is 3. The molecule has 1 saturated heterocycles. The average Bonchev–Trinajstić information content (AvgIpc) is 3.54. The van der Waals surface area contributed by atoms with Gasteiger partial charge in [0.15, 0.2) is 5.65 Å². The molecule has 0 unspecified atom stereocenters. The molecule has 3 aromatic heterocycles. The van der Waals surface area contributed by atoms with Crippen LogP contribution in [0.25, 0.3) is 11.0 Å². The first kappa shape index (κ1) is 27.3. The molecule has 1 aromatic carbocycles. The van der Waals surface area contributed by atoms with Gasteiger partial charge in [-0.3, -0.25) is 19.8 Å². The first-order valence-electron chi connectivity index (χ1n) is 12.7. The van der Waals surface area contributed by atoms with Crippen molar-refractivity contribution in [3.63, 3.8) is 0 Å². The lowest BCUT2D eigenvalue weighted by Crippen LogP contribution is -2.31. The lowest BCUT2D eigenvalue weighted by molar-refractivity contribution is -0.138. The molecule has 40 heavy (non-hydrogen) atoms. The van der Waals surface area contributed by atoms with E-state index in [0.29, 0.717) is 29.4 Å². The molecule has 2 N–H and O–H groups in total. The summed E-state index contributed by atoms with van der Waals surface area (Å²) in [5, 5.41) is 10.4. The molecule has 206 valence electrons.